The van der Waals surface area contributed by atoms with Crippen molar-refractivity contribution in [3.05, 3.63) is 125 Å². The summed E-state index contributed by atoms with van der Waals surface area (Å²) in [6.45, 7) is 2.18. The number of carboxylic acids is 2. The van der Waals surface area contributed by atoms with Crippen molar-refractivity contribution in [1.82, 2.24) is 0 Å². The highest BCUT2D eigenvalue weighted by Gasteiger charge is 2.50. The molecule has 0 saturated heterocycles. The number of aliphatic carboxylic acids is 2. The van der Waals surface area contributed by atoms with E-state index in [2.05, 4.69) is 5.32 Å². The molecule has 0 heterocycles. The van der Waals surface area contributed by atoms with Crippen molar-refractivity contribution in [2.75, 3.05) is 11.9 Å². The topological polar surface area (TPSA) is 156 Å². The molecule has 0 unspecified atom stereocenters. The second-order valence-corrected chi connectivity index (χ2v) is 11.1. The Morgan fingerprint density at radius 1 is 0.755 bits per heavy atom. The maximum atomic E-state index is 13.5. The van der Waals surface area contributed by atoms with Gasteiger partial charge in [0.15, 0.2) is 0 Å². The number of ether oxygens (including phenoxy) is 2. The average molecular weight is 678 g/mol. The molecule has 4 rings (SSSR count). The summed E-state index contributed by atoms with van der Waals surface area (Å²) in [5, 5.41) is 22.3. The summed E-state index contributed by atoms with van der Waals surface area (Å²) in [6.07, 6.45) is -5.61. The Labute approximate surface area is 278 Å². The SMILES string of the molecule is CC(C)OC(=O)c1cc(CC(=O)OCC(C(=O)O)(C(=O)O)c2ccccc2)ccc1NC(=O)c1ccccc1-c1ccc(C(F)(F)F)cc1. The molecular formula is C36H30F3NO9. The van der Waals surface area contributed by atoms with Gasteiger partial charge in [0.1, 0.15) is 6.61 Å². The highest BCUT2D eigenvalue weighted by Crippen LogP contribution is 2.32. The Balaban J connectivity index is 1.59. The minimum atomic E-state index is -4.54. The number of hydrogen-bond acceptors (Lipinski definition) is 7. The molecule has 13 heteroatoms. The summed E-state index contributed by atoms with van der Waals surface area (Å²) in [5.41, 5.74) is -2.73. The molecule has 254 valence electrons. The first-order chi connectivity index (χ1) is 23.1. The maximum absolute atomic E-state index is 13.5. The van der Waals surface area contributed by atoms with Gasteiger partial charge < -0.3 is 25.0 Å². The minimum absolute atomic E-state index is 0.00478. The average Bonchev–Trinajstić information content (AvgIpc) is 3.05. The lowest BCUT2D eigenvalue weighted by molar-refractivity contribution is -0.164. The van der Waals surface area contributed by atoms with E-state index in [0.717, 1.165) is 12.1 Å². The van der Waals surface area contributed by atoms with Crippen LogP contribution in [0.4, 0.5) is 18.9 Å². The van der Waals surface area contributed by atoms with E-state index >= 15 is 0 Å². The molecule has 0 aliphatic heterocycles. The first-order valence-corrected chi connectivity index (χ1v) is 14.7. The fourth-order valence-electron chi connectivity index (χ4n) is 4.89. The molecule has 0 radical (unpaired) electrons. The Bertz CT molecular complexity index is 1860. The molecule has 4 aromatic rings. The Morgan fingerprint density at radius 2 is 1.37 bits per heavy atom. The van der Waals surface area contributed by atoms with Crippen molar-refractivity contribution in [2.45, 2.75) is 38.0 Å². The lowest BCUT2D eigenvalue weighted by Crippen LogP contribution is -2.48. The molecule has 0 saturated carbocycles. The van der Waals surface area contributed by atoms with Crippen LogP contribution in [-0.4, -0.2) is 52.7 Å². The molecule has 0 fully saturated rings. The van der Waals surface area contributed by atoms with E-state index < -0.39 is 66.1 Å². The zero-order chi connectivity index (χ0) is 35.9. The third kappa shape index (κ3) is 8.30. The second kappa shape index (κ2) is 14.8. The number of nitrogens with one attached hydrogen (secondary N) is 1. The Kier molecular flexibility index (Phi) is 10.9. The van der Waals surface area contributed by atoms with E-state index in [9.17, 15) is 47.4 Å². The second-order valence-electron chi connectivity index (χ2n) is 11.1. The van der Waals surface area contributed by atoms with Crippen LogP contribution < -0.4 is 5.32 Å². The molecule has 0 aliphatic rings. The van der Waals surface area contributed by atoms with Crippen LogP contribution in [0.3, 0.4) is 0 Å². The van der Waals surface area contributed by atoms with Crippen molar-refractivity contribution in [3.8, 4) is 11.1 Å². The van der Waals surface area contributed by atoms with Crippen LogP contribution in [0.25, 0.3) is 11.1 Å². The lowest BCUT2D eigenvalue weighted by atomic mass is 9.81. The standard InChI is InChI=1S/C36H30F3NO9/c1-21(2)49-32(43)28-18-22(19-30(41)48-20-35(33(44)45,34(46)47)24-8-4-3-5-9-24)12-17-29(28)40-31(42)27-11-7-6-10-26(27)23-13-15-25(16-14-23)36(37,38)39/h3-18,21H,19-20H2,1-2H3,(H,40,42)(H,44,45)(H,46,47). The summed E-state index contributed by atoms with van der Waals surface area (Å²) in [5.74, 6) is -6.01. The van der Waals surface area contributed by atoms with Crippen LogP contribution in [0.1, 0.15) is 51.3 Å². The van der Waals surface area contributed by atoms with Crippen LogP contribution in [0.15, 0.2) is 97.1 Å². The molecule has 49 heavy (non-hydrogen) atoms. The zero-order valence-corrected chi connectivity index (χ0v) is 26.1. The molecule has 3 N–H and O–H groups in total. The predicted molar refractivity (Wildman–Crippen MR) is 170 cm³/mol. The molecule has 1 amide bonds. The van der Waals surface area contributed by atoms with Gasteiger partial charge >= 0.3 is 30.1 Å². The molecule has 0 spiro atoms. The van der Waals surface area contributed by atoms with Crippen LogP contribution >= 0.6 is 0 Å². The maximum Gasteiger partial charge on any atom is 0.416 e. The van der Waals surface area contributed by atoms with Gasteiger partial charge in [-0.3, -0.25) is 19.2 Å². The van der Waals surface area contributed by atoms with E-state index in [0.29, 0.717) is 11.1 Å². The van der Waals surface area contributed by atoms with Crippen LogP contribution in [0.5, 0.6) is 0 Å². The molecule has 4 aromatic carbocycles. The Morgan fingerprint density at radius 3 is 1.96 bits per heavy atom. The minimum Gasteiger partial charge on any atom is -0.480 e. The number of amides is 1. The molecule has 0 aromatic heterocycles. The number of hydrogen-bond donors (Lipinski definition) is 3. The molecule has 0 aliphatic carbocycles. The smallest absolute Gasteiger partial charge is 0.416 e. The number of benzene rings is 4. The van der Waals surface area contributed by atoms with Crippen molar-refractivity contribution in [2.24, 2.45) is 0 Å². The number of halogens is 3. The normalized spacial score (nSPS) is 11.5. The van der Waals surface area contributed by atoms with E-state index in [1.165, 1.54) is 60.7 Å². The fraction of sp³-hybridized carbons (Fsp3) is 0.194. The Hall–Kier alpha value is -5.98. The molecule has 0 atom stereocenters. The highest BCUT2D eigenvalue weighted by atomic mass is 19.4. The van der Waals surface area contributed by atoms with Gasteiger partial charge in [-0.2, -0.15) is 13.2 Å². The van der Waals surface area contributed by atoms with Gasteiger partial charge in [0.2, 0.25) is 5.41 Å². The van der Waals surface area contributed by atoms with Crippen LogP contribution in [-0.2, 0) is 41.9 Å². The number of carboxylic acid groups (broad SMARTS) is 2. The van der Waals surface area contributed by atoms with Gasteiger partial charge in [-0.25, -0.2) is 4.79 Å². The number of carbonyl (C=O) groups excluding carboxylic acids is 3. The van der Waals surface area contributed by atoms with Crippen LogP contribution in [0.2, 0.25) is 0 Å². The predicted octanol–water partition coefficient (Wildman–Crippen LogP) is 6.38. The van der Waals surface area contributed by atoms with Gasteiger partial charge in [0.05, 0.1) is 29.3 Å². The van der Waals surface area contributed by atoms with Gasteiger partial charge in [-0.05, 0) is 66.4 Å². The van der Waals surface area contributed by atoms with E-state index in [-0.39, 0.29) is 27.9 Å². The summed E-state index contributed by atoms with van der Waals surface area (Å²) in [4.78, 5) is 63.7. The third-order valence-corrected chi connectivity index (χ3v) is 7.38. The van der Waals surface area contributed by atoms with Crippen molar-refractivity contribution in [1.29, 1.82) is 0 Å². The zero-order valence-electron chi connectivity index (χ0n) is 26.1. The number of esters is 2. The molecule has 10 nitrogen and oxygen atoms in total. The van der Waals surface area contributed by atoms with Crippen molar-refractivity contribution in [3.63, 3.8) is 0 Å². The quantitative estimate of drug-likeness (QED) is 0.114. The summed E-state index contributed by atoms with van der Waals surface area (Å²) in [6, 6.07) is 21.5. The van der Waals surface area contributed by atoms with E-state index in [1.54, 1.807) is 38.1 Å². The van der Waals surface area contributed by atoms with Gasteiger partial charge in [0.25, 0.3) is 5.91 Å². The number of carbonyl (C=O) groups is 5. The van der Waals surface area contributed by atoms with Gasteiger partial charge in [-0.1, -0.05) is 66.7 Å². The fourth-order valence-corrected chi connectivity index (χ4v) is 4.89. The largest absolute Gasteiger partial charge is 0.480 e. The number of alkyl halides is 3. The van der Waals surface area contributed by atoms with Crippen molar-refractivity contribution >= 4 is 35.5 Å². The number of anilines is 1. The van der Waals surface area contributed by atoms with E-state index in [4.69, 9.17) is 9.47 Å². The highest BCUT2D eigenvalue weighted by molar-refractivity contribution is 6.11. The summed E-state index contributed by atoms with van der Waals surface area (Å²) in [7, 11) is 0. The van der Waals surface area contributed by atoms with Crippen molar-refractivity contribution < 1.29 is 56.8 Å². The monoisotopic (exact) mass is 677 g/mol. The van der Waals surface area contributed by atoms with Gasteiger partial charge in [0, 0.05) is 5.56 Å². The third-order valence-electron chi connectivity index (χ3n) is 7.38. The van der Waals surface area contributed by atoms with Crippen LogP contribution in [0, 0.1) is 0 Å². The van der Waals surface area contributed by atoms with E-state index in [1.807, 2.05) is 0 Å². The lowest BCUT2D eigenvalue weighted by Gasteiger charge is -2.25. The molecule has 0 bridgehead atoms. The first-order valence-electron chi connectivity index (χ1n) is 14.7. The number of rotatable bonds is 12. The summed E-state index contributed by atoms with van der Waals surface area (Å²) >= 11 is 0. The first kappa shape index (κ1) is 35.9. The van der Waals surface area contributed by atoms with Gasteiger partial charge in [-0.15, -0.1) is 0 Å². The molecular weight excluding hydrogens is 647 g/mol. The summed E-state index contributed by atoms with van der Waals surface area (Å²) < 4.78 is 49.7.